The zero-order valence-corrected chi connectivity index (χ0v) is 16.3. The summed E-state index contributed by atoms with van der Waals surface area (Å²) in [5.74, 6) is -1.83. The molecular weight excluding hydrogens is 399 g/mol. The van der Waals surface area contributed by atoms with Gasteiger partial charge in [0.2, 0.25) is 0 Å². The van der Waals surface area contributed by atoms with E-state index in [0.29, 0.717) is 42.2 Å². The highest BCUT2D eigenvalue weighted by Crippen LogP contribution is 2.21. The van der Waals surface area contributed by atoms with E-state index in [2.05, 4.69) is 5.32 Å². The van der Waals surface area contributed by atoms with Crippen molar-refractivity contribution in [2.75, 3.05) is 25.0 Å². The SMILES string of the molecule is O=C(COC(=O)C1CCN(C(=O)c2ccc(Cl)cc2)CC1)Nc1ccc(F)cc1. The Kier molecular flexibility index (Phi) is 6.82. The fourth-order valence-corrected chi connectivity index (χ4v) is 3.20. The van der Waals surface area contributed by atoms with Crippen molar-refractivity contribution in [3.63, 3.8) is 0 Å². The Bertz CT molecular complexity index is 879. The van der Waals surface area contributed by atoms with Gasteiger partial charge in [0.25, 0.3) is 11.8 Å². The average Bonchev–Trinajstić information content (AvgIpc) is 2.74. The molecular formula is C21H20ClFN2O4. The Morgan fingerprint density at radius 1 is 1.03 bits per heavy atom. The highest BCUT2D eigenvalue weighted by atomic mass is 35.5. The van der Waals surface area contributed by atoms with Gasteiger partial charge in [0, 0.05) is 29.4 Å². The minimum absolute atomic E-state index is 0.104. The molecule has 1 heterocycles. The van der Waals surface area contributed by atoms with Crippen molar-refractivity contribution in [3.05, 3.63) is 64.9 Å². The van der Waals surface area contributed by atoms with Gasteiger partial charge in [-0.05, 0) is 61.4 Å². The molecule has 0 aromatic heterocycles. The van der Waals surface area contributed by atoms with Crippen LogP contribution in [0.25, 0.3) is 0 Å². The lowest BCUT2D eigenvalue weighted by molar-refractivity contribution is -0.152. The topological polar surface area (TPSA) is 75.7 Å². The predicted octanol–water partition coefficient (Wildman–Crippen LogP) is 3.51. The molecule has 1 aliphatic rings. The molecule has 6 nitrogen and oxygen atoms in total. The van der Waals surface area contributed by atoms with Gasteiger partial charge < -0.3 is 15.0 Å². The van der Waals surface area contributed by atoms with Crippen LogP contribution in [0.4, 0.5) is 10.1 Å². The van der Waals surface area contributed by atoms with E-state index in [1.807, 2.05) is 0 Å². The quantitative estimate of drug-likeness (QED) is 0.754. The molecule has 8 heteroatoms. The van der Waals surface area contributed by atoms with Gasteiger partial charge in [-0.2, -0.15) is 0 Å². The van der Waals surface area contributed by atoms with Crippen LogP contribution in [0.3, 0.4) is 0 Å². The maximum atomic E-state index is 12.9. The van der Waals surface area contributed by atoms with Gasteiger partial charge in [0.05, 0.1) is 5.92 Å². The number of nitrogens with zero attached hydrogens (tertiary/aromatic N) is 1. The van der Waals surface area contributed by atoms with Gasteiger partial charge in [-0.3, -0.25) is 14.4 Å². The summed E-state index contributed by atoms with van der Waals surface area (Å²) in [6.45, 7) is 0.451. The number of nitrogens with one attached hydrogen (secondary N) is 1. The number of carbonyl (C=O) groups excluding carboxylic acids is 3. The Balaban J connectivity index is 1.42. The third-order valence-corrected chi connectivity index (χ3v) is 4.93. The molecule has 0 unspecified atom stereocenters. The van der Waals surface area contributed by atoms with Crippen LogP contribution in [0.15, 0.2) is 48.5 Å². The molecule has 1 N–H and O–H groups in total. The molecule has 0 radical (unpaired) electrons. The number of rotatable bonds is 5. The smallest absolute Gasteiger partial charge is 0.309 e. The molecule has 152 valence electrons. The first-order chi connectivity index (χ1) is 13.9. The van der Waals surface area contributed by atoms with E-state index in [-0.39, 0.29) is 11.8 Å². The second-order valence-corrected chi connectivity index (χ2v) is 7.17. The summed E-state index contributed by atoms with van der Waals surface area (Å²) < 4.78 is 18.0. The highest BCUT2D eigenvalue weighted by Gasteiger charge is 2.29. The van der Waals surface area contributed by atoms with Crippen molar-refractivity contribution in [3.8, 4) is 0 Å². The molecule has 0 saturated carbocycles. The molecule has 0 spiro atoms. The monoisotopic (exact) mass is 418 g/mol. The Morgan fingerprint density at radius 2 is 1.66 bits per heavy atom. The second kappa shape index (κ2) is 9.52. The van der Waals surface area contributed by atoms with E-state index in [1.54, 1.807) is 29.2 Å². The summed E-state index contributed by atoms with van der Waals surface area (Å²) in [5.41, 5.74) is 0.967. The van der Waals surface area contributed by atoms with E-state index >= 15 is 0 Å². The lowest BCUT2D eigenvalue weighted by Crippen LogP contribution is -2.41. The number of ether oxygens (including phenoxy) is 1. The van der Waals surface area contributed by atoms with Gasteiger partial charge in [-0.1, -0.05) is 11.6 Å². The number of anilines is 1. The van der Waals surface area contributed by atoms with Crippen LogP contribution in [0.5, 0.6) is 0 Å². The van der Waals surface area contributed by atoms with E-state index in [9.17, 15) is 18.8 Å². The normalized spacial score (nSPS) is 14.3. The minimum atomic E-state index is -0.500. The summed E-state index contributed by atoms with van der Waals surface area (Å²) in [7, 11) is 0. The van der Waals surface area contributed by atoms with E-state index in [1.165, 1.54) is 24.3 Å². The summed E-state index contributed by atoms with van der Waals surface area (Å²) in [6.07, 6.45) is 0.940. The lowest BCUT2D eigenvalue weighted by atomic mass is 9.96. The molecule has 0 atom stereocenters. The van der Waals surface area contributed by atoms with Crippen LogP contribution < -0.4 is 5.32 Å². The molecule has 2 amide bonds. The fraction of sp³-hybridized carbons (Fsp3) is 0.286. The maximum absolute atomic E-state index is 12.9. The first kappa shape index (κ1) is 20.8. The minimum Gasteiger partial charge on any atom is -0.455 e. The van der Waals surface area contributed by atoms with E-state index < -0.39 is 24.3 Å². The van der Waals surface area contributed by atoms with Gasteiger partial charge in [-0.15, -0.1) is 0 Å². The van der Waals surface area contributed by atoms with E-state index in [0.717, 1.165) is 0 Å². The fourth-order valence-electron chi connectivity index (χ4n) is 3.08. The van der Waals surface area contributed by atoms with Crippen LogP contribution in [0.2, 0.25) is 5.02 Å². The van der Waals surface area contributed by atoms with Crippen LogP contribution in [0, 0.1) is 11.7 Å². The summed E-state index contributed by atoms with van der Waals surface area (Å²) >= 11 is 5.84. The van der Waals surface area contributed by atoms with Gasteiger partial charge >= 0.3 is 5.97 Å². The average molecular weight is 419 g/mol. The molecule has 2 aromatic rings. The highest BCUT2D eigenvalue weighted by molar-refractivity contribution is 6.30. The number of hydrogen-bond acceptors (Lipinski definition) is 4. The molecule has 0 bridgehead atoms. The Hall–Kier alpha value is -2.93. The number of likely N-dealkylation sites (tertiary alicyclic amines) is 1. The van der Waals surface area contributed by atoms with Crippen molar-refractivity contribution in [2.24, 2.45) is 5.92 Å². The van der Waals surface area contributed by atoms with Gasteiger partial charge in [0.1, 0.15) is 5.82 Å². The standard InChI is InChI=1S/C21H20ClFN2O4/c22-16-3-1-14(2-4-16)20(27)25-11-9-15(10-12-25)21(28)29-13-19(26)24-18-7-5-17(23)6-8-18/h1-8,15H,9-13H2,(H,24,26). The Morgan fingerprint density at radius 3 is 2.28 bits per heavy atom. The molecule has 29 heavy (non-hydrogen) atoms. The van der Waals surface area contributed by atoms with Gasteiger partial charge in [0.15, 0.2) is 6.61 Å². The number of benzene rings is 2. The van der Waals surface area contributed by atoms with Crippen LogP contribution in [-0.2, 0) is 14.3 Å². The Labute approximate surface area is 172 Å². The van der Waals surface area contributed by atoms with Crippen molar-refractivity contribution in [1.82, 2.24) is 4.90 Å². The number of carbonyl (C=O) groups is 3. The maximum Gasteiger partial charge on any atom is 0.309 e. The largest absolute Gasteiger partial charge is 0.455 e. The van der Waals surface area contributed by atoms with Crippen molar-refractivity contribution in [2.45, 2.75) is 12.8 Å². The third kappa shape index (κ3) is 5.77. The zero-order chi connectivity index (χ0) is 20.8. The van der Waals surface area contributed by atoms with Crippen molar-refractivity contribution >= 4 is 35.1 Å². The summed E-state index contributed by atoms with van der Waals surface area (Å²) in [4.78, 5) is 38.3. The summed E-state index contributed by atoms with van der Waals surface area (Å²) in [5, 5.41) is 3.09. The van der Waals surface area contributed by atoms with Crippen molar-refractivity contribution in [1.29, 1.82) is 0 Å². The third-order valence-electron chi connectivity index (χ3n) is 4.68. The molecule has 3 rings (SSSR count). The van der Waals surface area contributed by atoms with Crippen LogP contribution >= 0.6 is 11.6 Å². The second-order valence-electron chi connectivity index (χ2n) is 6.74. The predicted molar refractivity (Wildman–Crippen MR) is 106 cm³/mol. The van der Waals surface area contributed by atoms with Crippen LogP contribution in [-0.4, -0.2) is 42.4 Å². The number of hydrogen-bond donors (Lipinski definition) is 1. The zero-order valence-electron chi connectivity index (χ0n) is 15.6. The van der Waals surface area contributed by atoms with Crippen LogP contribution in [0.1, 0.15) is 23.2 Å². The first-order valence-corrected chi connectivity index (χ1v) is 9.57. The number of halogens is 2. The number of amides is 2. The number of esters is 1. The summed E-state index contributed by atoms with van der Waals surface area (Å²) in [6, 6.07) is 12.0. The first-order valence-electron chi connectivity index (χ1n) is 9.19. The van der Waals surface area contributed by atoms with E-state index in [4.69, 9.17) is 16.3 Å². The molecule has 0 aliphatic carbocycles. The van der Waals surface area contributed by atoms with Gasteiger partial charge in [-0.25, -0.2) is 4.39 Å². The molecule has 2 aromatic carbocycles. The van der Waals surface area contributed by atoms with Crippen molar-refractivity contribution < 1.29 is 23.5 Å². The molecule has 1 aliphatic heterocycles. The molecule has 1 saturated heterocycles. The lowest BCUT2D eigenvalue weighted by Gasteiger charge is -2.31. The number of piperidine rings is 1. The molecule has 1 fully saturated rings.